The lowest BCUT2D eigenvalue weighted by Crippen LogP contribution is -2.20. The van der Waals surface area contributed by atoms with E-state index >= 15 is 0 Å². The van der Waals surface area contributed by atoms with Crippen LogP contribution in [0.15, 0.2) is 24.3 Å². The van der Waals surface area contributed by atoms with Gasteiger partial charge in [0.2, 0.25) is 0 Å². The number of allylic oxidation sites excluding steroid dienone is 1. The minimum absolute atomic E-state index is 0.603. The molecule has 0 bridgehead atoms. The maximum absolute atomic E-state index is 9.39. The highest BCUT2D eigenvalue weighted by Gasteiger charge is 2.13. The van der Waals surface area contributed by atoms with Crippen LogP contribution in [-0.4, -0.2) is 11.3 Å². The van der Waals surface area contributed by atoms with E-state index in [1.807, 2.05) is 25.1 Å². The molecule has 0 radical (unpaired) electrons. The smallest absolute Gasteiger partial charge is 0.144 e. The van der Waals surface area contributed by atoms with Gasteiger partial charge in [-0.1, -0.05) is 6.07 Å². The number of aliphatic hydroxyl groups is 1. The van der Waals surface area contributed by atoms with Crippen LogP contribution in [0.3, 0.4) is 0 Å². The highest BCUT2D eigenvalue weighted by Crippen LogP contribution is 2.30. The molecule has 2 rings (SSSR count). The molecular formula is C10H12N2O. The highest BCUT2D eigenvalue weighted by atomic mass is 16.3. The SMILES string of the molecule is CC1=CC(O)Nc2cc(N)ccc21. The van der Waals surface area contributed by atoms with Crippen LogP contribution in [0.1, 0.15) is 12.5 Å². The van der Waals surface area contributed by atoms with Gasteiger partial charge in [-0.05, 0) is 30.7 Å². The van der Waals surface area contributed by atoms with Gasteiger partial charge in [0, 0.05) is 16.9 Å². The average molecular weight is 176 g/mol. The predicted molar refractivity (Wildman–Crippen MR) is 54.1 cm³/mol. The Labute approximate surface area is 76.9 Å². The Kier molecular flexibility index (Phi) is 1.74. The van der Waals surface area contributed by atoms with Gasteiger partial charge in [0.25, 0.3) is 0 Å². The Hall–Kier alpha value is -1.48. The number of nitrogens with two attached hydrogens (primary N) is 1. The third kappa shape index (κ3) is 1.38. The number of anilines is 2. The number of fused-ring (bicyclic) bond motifs is 1. The maximum Gasteiger partial charge on any atom is 0.144 e. The predicted octanol–water partition coefficient (Wildman–Crippen LogP) is 1.42. The molecular weight excluding hydrogens is 164 g/mol. The first-order valence-electron chi connectivity index (χ1n) is 4.20. The summed E-state index contributed by atoms with van der Waals surface area (Å²) < 4.78 is 0. The van der Waals surface area contributed by atoms with Crippen LogP contribution in [0.2, 0.25) is 0 Å². The summed E-state index contributed by atoms with van der Waals surface area (Å²) in [6.07, 6.45) is 1.17. The Balaban J connectivity index is 2.54. The quantitative estimate of drug-likeness (QED) is 0.524. The number of benzene rings is 1. The van der Waals surface area contributed by atoms with Crippen LogP contribution in [0.4, 0.5) is 11.4 Å². The molecule has 0 saturated heterocycles. The van der Waals surface area contributed by atoms with Crippen molar-refractivity contribution in [2.45, 2.75) is 13.2 Å². The van der Waals surface area contributed by atoms with E-state index < -0.39 is 6.23 Å². The lowest BCUT2D eigenvalue weighted by atomic mass is 10.0. The van der Waals surface area contributed by atoms with Gasteiger partial charge < -0.3 is 16.2 Å². The zero-order valence-corrected chi connectivity index (χ0v) is 7.41. The standard InChI is InChI=1S/C10H12N2O/c1-6-4-10(13)12-9-5-7(11)2-3-8(6)9/h2-5,10,12-13H,11H2,1H3. The molecule has 13 heavy (non-hydrogen) atoms. The van der Waals surface area contributed by atoms with E-state index in [4.69, 9.17) is 5.73 Å². The summed E-state index contributed by atoms with van der Waals surface area (Å²) in [5, 5.41) is 12.3. The average Bonchev–Trinajstić information content (AvgIpc) is 2.02. The largest absolute Gasteiger partial charge is 0.399 e. The van der Waals surface area contributed by atoms with Gasteiger partial charge in [-0.15, -0.1) is 0 Å². The monoisotopic (exact) mass is 176 g/mol. The molecule has 0 aromatic heterocycles. The van der Waals surface area contributed by atoms with Crippen LogP contribution in [-0.2, 0) is 0 Å². The van der Waals surface area contributed by atoms with Crippen LogP contribution in [0.25, 0.3) is 5.57 Å². The molecule has 3 nitrogen and oxygen atoms in total. The van der Waals surface area contributed by atoms with Gasteiger partial charge in [0.05, 0.1) is 0 Å². The van der Waals surface area contributed by atoms with E-state index in [1.165, 1.54) is 0 Å². The van der Waals surface area contributed by atoms with E-state index in [0.29, 0.717) is 5.69 Å². The molecule has 0 saturated carbocycles. The van der Waals surface area contributed by atoms with E-state index in [2.05, 4.69) is 5.32 Å². The fraction of sp³-hybridized carbons (Fsp3) is 0.200. The van der Waals surface area contributed by atoms with Crippen LogP contribution < -0.4 is 11.1 Å². The summed E-state index contributed by atoms with van der Waals surface area (Å²) in [6, 6.07) is 5.64. The molecule has 0 aliphatic carbocycles. The molecule has 1 aromatic rings. The zero-order valence-electron chi connectivity index (χ0n) is 7.41. The molecule has 1 atom stereocenters. The second-order valence-corrected chi connectivity index (χ2v) is 3.24. The topological polar surface area (TPSA) is 58.3 Å². The summed E-state index contributed by atoms with van der Waals surface area (Å²) in [4.78, 5) is 0. The number of hydrogen-bond donors (Lipinski definition) is 3. The molecule has 1 aromatic carbocycles. The number of aliphatic hydroxyl groups excluding tert-OH is 1. The third-order valence-corrected chi connectivity index (χ3v) is 2.18. The minimum atomic E-state index is -0.603. The second-order valence-electron chi connectivity index (χ2n) is 3.24. The number of nitrogens with one attached hydrogen (secondary N) is 1. The summed E-state index contributed by atoms with van der Waals surface area (Å²) in [5.74, 6) is 0. The Morgan fingerprint density at radius 1 is 1.46 bits per heavy atom. The first-order chi connectivity index (χ1) is 6.16. The van der Waals surface area contributed by atoms with Gasteiger partial charge in [0.1, 0.15) is 6.23 Å². The fourth-order valence-corrected chi connectivity index (χ4v) is 1.55. The van der Waals surface area contributed by atoms with E-state index in [0.717, 1.165) is 16.8 Å². The van der Waals surface area contributed by atoms with Crippen molar-refractivity contribution >= 4 is 16.9 Å². The summed E-state index contributed by atoms with van der Waals surface area (Å²) in [5.41, 5.74) is 9.40. The summed E-state index contributed by atoms with van der Waals surface area (Å²) in [6.45, 7) is 1.97. The van der Waals surface area contributed by atoms with Gasteiger partial charge in [-0.2, -0.15) is 0 Å². The van der Waals surface area contributed by atoms with Crippen LogP contribution >= 0.6 is 0 Å². The number of hydrogen-bond acceptors (Lipinski definition) is 3. The van der Waals surface area contributed by atoms with Gasteiger partial charge in [0.15, 0.2) is 0 Å². The van der Waals surface area contributed by atoms with Gasteiger partial charge >= 0.3 is 0 Å². The lowest BCUT2D eigenvalue weighted by Gasteiger charge is -2.21. The molecule has 1 heterocycles. The Morgan fingerprint density at radius 2 is 2.23 bits per heavy atom. The van der Waals surface area contributed by atoms with Gasteiger partial charge in [-0.25, -0.2) is 0 Å². The molecule has 1 aliphatic heterocycles. The maximum atomic E-state index is 9.39. The summed E-state index contributed by atoms with van der Waals surface area (Å²) in [7, 11) is 0. The van der Waals surface area contributed by atoms with E-state index in [1.54, 1.807) is 6.08 Å². The van der Waals surface area contributed by atoms with Crippen molar-refractivity contribution in [3.05, 3.63) is 29.8 Å². The first kappa shape index (κ1) is 8.13. The zero-order chi connectivity index (χ0) is 9.42. The minimum Gasteiger partial charge on any atom is -0.399 e. The third-order valence-electron chi connectivity index (χ3n) is 2.18. The molecule has 1 unspecified atom stereocenters. The first-order valence-corrected chi connectivity index (χ1v) is 4.20. The molecule has 4 N–H and O–H groups in total. The van der Waals surface area contributed by atoms with Crippen molar-refractivity contribution in [3.8, 4) is 0 Å². The molecule has 0 spiro atoms. The van der Waals surface area contributed by atoms with Crippen LogP contribution in [0.5, 0.6) is 0 Å². The van der Waals surface area contributed by atoms with E-state index in [9.17, 15) is 5.11 Å². The van der Waals surface area contributed by atoms with Crippen molar-refractivity contribution in [2.24, 2.45) is 0 Å². The molecule has 68 valence electrons. The number of rotatable bonds is 0. The molecule has 0 amide bonds. The highest BCUT2D eigenvalue weighted by molar-refractivity contribution is 5.80. The second kappa shape index (κ2) is 2.78. The fourth-order valence-electron chi connectivity index (χ4n) is 1.55. The van der Waals surface area contributed by atoms with Crippen molar-refractivity contribution in [2.75, 3.05) is 11.1 Å². The molecule has 3 heteroatoms. The van der Waals surface area contributed by atoms with Crippen molar-refractivity contribution in [1.82, 2.24) is 0 Å². The summed E-state index contributed by atoms with van der Waals surface area (Å²) >= 11 is 0. The van der Waals surface area contributed by atoms with Crippen molar-refractivity contribution in [3.63, 3.8) is 0 Å². The molecule has 1 aliphatic rings. The van der Waals surface area contributed by atoms with Gasteiger partial charge in [-0.3, -0.25) is 0 Å². The van der Waals surface area contributed by atoms with Crippen molar-refractivity contribution < 1.29 is 5.11 Å². The van der Waals surface area contributed by atoms with Crippen LogP contribution in [0, 0.1) is 0 Å². The normalized spacial score (nSPS) is 20.2. The van der Waals surface area contributed by atoms with E-state index in [-0.39, 0.29) is 0 Å². The molecule has 0 fully saturated rings. The Bertz CT molecular complexity index is 371. The lowest BCUT2D eigenvalue weighted by molar-refractivity contribution is 0.252. The number of nitrogen functional groups attached to an aromatic ring is 1. The van der Waals surface area contributed by atoms with Crippen molar-refractivity contribution in [1.29, 1.82) is 0 Å². The Morgan fingerprint density at radius 3 is 3.00 bits per heavy atom.